The molecule has 7 heteroatoms. The van der Waals surface area contributed by atoms with Crippen LogP contribution in [0.4, 0.5) is 5.69 Å². The molecule has 3 aromatic heterocycles. The third-order valence-electron chi connectivity index (χ3n) is 4.73. The number of carbonyl (C=O) groups is 2. The molecule has 0 spiro atoms. The lowest BCUT2D eigenvalue weighted by atomic mass is 10.1. The molecule has 1 aliphatic rings. The second-order valence-electron chi connectivity index (χ2n) is 6.48. The Labute approximate surface area is 150 Å². The van der Waals surface area contributed by atoms with Crippen molar-refractivity contribution in [3.8, 4) is 0 Å². The van der Waals surface area contributed by atoms with Crippen LogP contribution in [0.1, 0.15) is 24.9 Å². The number of amides is 2. The van der Waals surface area contributed by atoms with Crippen molar-refractivity contribution in [2.75, 3.05) is 11.4 Å². The zero-order valence-electron chi connectivity index (χ0n) is 14.4. The summed E-state index contributed by atoms with van der Waals surface area (Å²) in [5, 5.41) is 7.33. The number of hydrogen-bond donors (Lipinski definition) is 1. The Balaban J connectivity index is 1.46. The Morgan fingerprint density at radius 1 is 1.27 bits per heavy atom. The molecule has 0 aliphatic carbocycles. The van der Waals surface area contributed by atoms with Crippen LogP contribution in [-0.2, 0) is 9.59 Å². The molecule has 7 nitrogen and oxygen atoms in total. The minimum absolute atomic E-state index is 0.0539. The fourth-order valence-electron chi connectivity index (χ4n) is 3.34. The third-order valence-corrected chi connectivity index (χ3v) is 4.73. The molecule has 0 radical (unpaired) electrons. The molecule has 2 amide bonds. The summed E-state index contributed by atoms with van der Waals surface area (Å²) in [6.07, 6.45) is 7.14. The van der Waals surface area contributed by atoms with Crippen LogP contribution in [0.15, 0.2) is 55.1 Å². The molecule has 2 atom stereocenters. The summed E-state index contributed by atoms with van der Waals surface area (Å²) < 4.78 is 1.78. The first-order valence-corrected chi connectivity index (χ1v) is 8.56. The van der Waals surface area contributed by atoms with Crippen molar-refractivity contribution in [3.05, 3.63) is 60.7 Å². The number of carbonyl (C=O) groups excluding carboxylic acids is 2. The van der Waals surface area contributed by atoms with Gasteiger partial charge in [0.25, 0.3) is 0 Å². The molecule has 3 aromatic rings. The Morgan fingerprint density at radius 2 is 2.15 bits per heavy atom. The molecule has 1 saturated heterocycles. The van der Waals surface area contributed by atoms with Crippen molar-refractivity contribution in [2.45, 2.75) is 19.4 Å². The van der Waals surface area contributed by atoms with E-state index in [9.17, 15) is 9.59 Å². The van der Waals surface area contributed by atoms with Gasteiger partial charge in [-0.2, -0.15) is 5.10 Å². The fourth-order valence-corrected chi connectivity index (χ4v) is 3.34. The first kappa shape index (κ1) is 16.3. The minimum atomic E-state index is -0.369. The SMILES string of the molecule is C[C@H](NC(=O)[C@@H]1CC(=O)N(c2cccnc2)C1)c1cnn2ccccc12. The smallest absolute Gasteiger partial charge is 0.227 e. The predicted molar refractivity (Wildman–Crippen MR) is 96.4 cm³/mol. The highest BCUT2D eigenvalue weighted by molar-refractivity contribution is 6.00. The van der Waals surface area contributed by atoms with Crippen molar-refractivity contribution in [1.82, 2.24) is 19.9 Å². The quantitative estimate of drug-likeness (QED) is 0.781. The summed E-state index contributed by atoms with van der Waals surface area (Å²) in [4.78, 5) is 30.6. The van der Waals surface area contributed by atoms with Gasteiger partial charge in [-0.25, -0.2) is 4.52 Å². The lowest BCUT2D eigenvalue weighted by molar-refractivity contribution is -0.126. The Kier molecular flexibility index (Phi) is 4.12. The maximum atomic E-state index is 12.7. The van der Waals surface area contributed by atoms with Gasteiger partial charge < -0.3 is 10.2 Å². The molecule has 1 N–H and O–H groups in total. The van der Waals surface area contributed by atoms with Gasteiger partial charge in [-0.3, -0.25) is 14.6 Å². The molecule has 1 aliphatic heterocycles. The summed E-state index contributed by atoms with van der Waals surface area (Å²) in [5.74, 6) is -0.540. The molecule has 0 aromatic carbocycles. The third kappa shape index (κ3) is 2.92. The number of anilines is 1. The lowest BCUT2D eigenvalue weighted by Gasteiger charge is -2.18. The van der Waals surface area contributed by atoms with Crippen molar-refractivity contribution >= 4 is 23.0 Å². The Bertz CT molecular complexity index is 953. The minimum Gasteiger partial charge on any atom is -0.349 e. The second kappa shape index (κ2) is 6.59. The average Bonchev–Trinajstić information content (AvgIpc) is 3.26. The average molecular weight is 349 g/mol. The van der Waals surface area contributed by atoms with E-state index < -0.39 is 0 Å². The second-order valence-corrected chi connectivity index (χ2v) is 6.48. The van der Waals surface area contributed by atoms with Gasteiger partial charge in [0.2, 0.25) is 11.8 Å². The lowest BCUT2D eigenvalue weighted by Crippen LogP contribution is -2.34. The van der Waals surface area contributed by atoms with E-state index in [2.05, 4.69) is 15.4 Å². The molecule has 0 saturated carbocycles. The van der Waals surface area contributed by atoms with Gasteiger partial charge in [0.1, 0.15) is 0 Å². The maximum absolute atomic E-state index is 12.7. The van der Waals surface area contributed by atoms with E-state index >= 15 is 0 Å². The van der Waals surface area contributed by atoms with Crippen molar-refractivity contribution in [1.29, 1.82) is 0 Å². The highest BCUT2D eigenvalue weighted by atomic mass is 16.2. The van der Waals surface area contributed by atoms with Crippen LogP contribution in [-0.4, -0.2) is 33.0 Å². The van der Waals surface area contributed by atoms with E-state index in [0.29, 0.717) is 6.54 Å². The highest BCUT2D eigenvalue weighted by Gasteiger charge is 2.35. The molecule has 0 unspecified atom stereocenters. The van der Waals surface area contributed by atoms with Gasteiger partial charge >= 0.3 is 0 Å². The number of rotatable bonds is 4. The van der Waals surface area contributed by atoms with Gasteiger partial charge in [-0.05, 0) is 31.2 Å². The van der Waals surface area contributed by atoms with Crippen LogP contribution in [0.3, 0.4) is 0 Å². The Morgan fingerprint density at radius 3 is 2.96 bits per heavy atom. The number of aromatic nitrogens is 3. The van der Waals surface area contributed by atoms with Gasteiger partial charge in [0, 0.05) is 30.9 Å². The van der Waals surface area contributed by atoms with Crippen molar-refractivity contribution < 1.29 is 9.59 Å². The zero-order valence-corrected chi connectivity index (χ0v) is 14.4. The highest BCUT2D eigenvalue weighted by Crippen LogP contribution is 2.25. The molecule has 26 heavy (non-hydrogen) atoms. The van der Waals surface area contributed by atoms with E-state index in [1.54, 1.807) is 34.1 Å². The zero-order chi connectivity index (χ0) is 18.1. The number of hydrogen-bond acceptors (Lipinski definition) is 4. The van der Waals surface area contributed by atoms with Crippen LogP contribution in [0, 0.1) is 5.92 Å². The van der Waals surface area contributed by atoms with Crippen molar-refractivity contribution in [3.63, 3.8) is 0 Å². The van der Waals surface area contributed by atoms with Crippen LogP contribution in [0.25, 0.3) is 5.52 Å². The van der Waals surface area contributed by atoms with E-state index in [-0.39, 0.29) is 30.2 Å². The van der Waals surface area contributed by atoms with E-state index in [1.165, 1.54) is 0 Å². The topological polar surface area (TPSA) is 79.6 Å². The first-order chi connectivity index (χ1) is 12.6. The summed E-state index contributed by atoms with van der Waals surface area (Å²) in [7, 11) is 0. The summed E-state index contributed by atoms with van der Waals surface area (Å²) in [6, 6.07) is 9.23. The largest absolute Gasteiger partial charge is 0.349 e. The number of nitrogens with one attached hydrogen (secondary N) is 1. The van der Waals surface area contributed by atoms with Crippen LogP contribution >= 0.6 is 0 Å². The summed E-state index contributed by atoms with van der Waals surface area (Å²) in [5.41, 5.74) is 2.63. The monoisotopic (exact) mass is 349 g/mol. The van der Waals surface area contributed by atoms with Gasteiger partial charge in [0.15, 0.2) is 0 Å². The van der Waals surface area contributed by atoms with E-state index in [4.69, 9.17) is 0 Å². The van der Waals surface area contributed by atoms with Crippen LogP contribution in [0.5, 0.6) is 0 Å². The molecule has 1 fully saturated rings. The predicted octanol–water partition coefficient (Wildman–Crippen LogP) is 1.96. The number of fused-ring (bicyclic) bond motifs is 1. The number of nitrogens with zero attached hydrogens (tertiary/aromatic N) is 4. The number of pyridine rings is 2. The van der Waals surface area contributed by atoms with Crippen LogP contribution in [0.2, 0.25) is 0 Å². The Hall–Kier alpha value is -3.22. The van der Waals surface area contributed by atoms with Crippen molar-refractivity contribution in [2.24, 2.45) is 5.92 Å². The molecule has 132 valence electrons. The fraction of sp³-hybridized carbons (Fsp3) is 0.263. The van der Waals surface area contributed by atoms with Crippen LogP contribution < -0.4 is 10.2 Å². The molecular formula is C19H19N5O2. The maximum Gasteiger partial charge on any atom is 0.227 e. The summed E-state index contributed by atoms with van der Waals surface area (Å²) in [6.45, 7) is 2.30. The molecule has 0 bridgehead atoms. The van der Waals surface area contributed by atoms with E-state index in [1.807, 2.05) is 37.4 Å². The normalized spacial score (nSPS) is 18.3. The molecule has 4 heterocycles. The first-order valence-electron chi connectivity index (χ1n) is 8.56. The van der Waals surface area contributed by atoms with Gasteiger partial charge in [0.05, 0.1) is 35.6 Å². The summed E-state index contributed by atoms with van der Waals surface area (Å²) >= 11 is 0. The van der Waals surface area contributed by atoms with Gasteiger partial charge in [-0.1, -0.05) is 6.07 Å². The molecular weight excluding hydrogens is 330 g/mol. The standard InChI is InChI=1S/C19H19N5O2/c1-13(16-11-21-24-8-3-2-6-17(16)24)22-19(26)14-9-18(25)23(12-14)15-5-4-7-20-10-15/h2-8,10-11,13-14H,9,12H2,1H3,(H,22,26)/t13-,14+/m0/s1. The van der Waals surface area contributed by atoms with Gasteiger partial charge in [-0.15, -0.1) is 0 Å². The van der Waals surface area contributed by atoms with E-state index in [0.717, 1.165) is 16.8 Å². The molecule has 4 rings (SSSR count).